The first-order valence-electron chi connectivity index (χ1n) is 8.09. The summed E-state index contributed by atoms with van der Waals surface area (Å²) >= 11 is 4.98. The fourth-order valence-electron chi connectivity index (χ4n) is 2.46. The fraction of sp³-hybridized carbons (Fsp3) is 0.105. The molecule has 0 fully saturated rings. The minimum atomic E-state index is -0.450. The van der Waals surface area contributed by atoms with Gasteiger partial charge in [0.05, 0.1) is 11.8 Å². The van der Waals surface area contributed by atoms with Crippen molar-refractivity contribution in [3.63, 3.8) is 0 Å². The molecule has 138 valence electrons. The Morgan fingerprint density at radius 2 is 1.85 bits per heavy atom. The Bertz CT molecular complexity index is 994. The van der Waals surface area contributed by atoms with E-state index in [2.05, 4.69) is 16.2 Å². The van der Waals surface area contributed by atoms with Gasteiger partial charge >= 0.3 is 0 Å². The topological polar surface area (TPSA) is 92.6 Å². The zero-order chi connectivity index (χ0) is 19.2. The van der Waals surface area contributed by atoms with Crippen molar-refractivity contribution in [2.45, 2.75) is 6.92 Å². The number of ether oxygens (including phenoxy) is 1. The predicted octanol–water partition coefficient (Wildman–Crippen LogP) is 2.46. The SMILES string of the molecule is Cc1occc1C(=O)NNC(=S)NC(=O)COc1cccc2ccccc12. The molecule has 0 saturated heterocycles. The number of nitrogens with one attached hydrogen (secondary N) is 3. The molecule has 7 nitrogen and oxygen atoms in total. The molecule has 0 atom stereocenters. The third-order valence-electron chi connectivity index (χ3n) is 3.75. The molecule has 2 amide bonds. The molecular formula is C19H17N3O4S. The van der Waals surface area contributed by atoms with E-state index in [9.17, 15) is 9.59 Å². The molecule has 3 rings (SSSR count). The lowest BCUT2D eigenvalue weighted by Gasteiger charge is -2.12. The maximum Gasteiger partial charge on any atom is 0.273 e. The number of hydrogen-bond donors (Lipinski definition) is 3. The largest absolute Gasteiger partial charge is 0.483 e. The van der Waals surface area contributed by atoms with Crippen LogP contribution >= 0.6 is 12.2 Å². The average molecular weight is 383 g/mol. The van der Waals surface area contributed by atoms with E-state index in [0.717, 1.165) is 10.8 Å². The van der Waals surface area contributed by atoms with E-state index < -0.39 is 11.8 Å². The molecule has 1 aromatic heterocycles. The van der Waals surface area contributed by atoms with Crippen LogP contribution in [-0.2, 0) is 4.79 Å². The first-order chi connectivity index (χ1) is 13.0. The smallest absolute Gasteiger partial charge is 0.273 e. The van der Waals surface area contributed by atoms with E-state index in [0.29, 0.717) is 17.1 Å². The second kappa shape index (κ2) is 8.33. The molecule has 0 unspecified atom stereocenters. The monoisotopic (exact) mass is 383 g/mol. The number of carbonyl (C=O) groups excluding carboxylic acids is 2. The molecule has 0 aliphatic carbocycles. The summed E-state index contributed by atoms with van der Waals surface area (Å²) in [6.45, 7) is 1.45. The molecule has 0 aliphatic rings. The second-order valence-corrected chi connectivity index (χ2v) is 6.02. The van der Waals surface area contributed by atoms with Gasteiger partial charge in [0.15, 0.2) is 11.7 Å². The Hall–Kier alpha value is -3.39. The fourth-order valence-corrected chi connectivity index (χ4v) is 2.63. The lowest BCUT2D eigenvalue weighted by atomic mass is 10.1. The van der Waals surface area contributed by atoms with E-state index >= 15 is 0 Å². The van der Waals surface area contributed by atoms with E-state index in [1.807, 2.05) is 36.4 Å². The van der Waals surface area contributed by atoms with Crippen molar-refractivity contribution in [1.82, 2.24) is 16.2 Å². The van der Waals surface area contributed by atoms with Crippen molar-refractivity contribution in [2.75, 3.05) is 6.61 Å². The summed E-state index contributed by atoms with van der Waals surface area (Å²) in [6.07, 6.45) is 1.41. The lowest BCUT2D eigenvalue weighted by molar-refractivity contribution is -0.121. The minimum Gasteiger partial charge on any atom is -0.483 e. The van der Waals surface area contributed by atoms with Crippen LogP contribution in [0.25, 0.3) is 10.8 Å². The maximum absolute atomic E-state index is 12.0. The Morgan fingerprint density at radius 3 is 2.63 bits per heavy atom. The van der Waals surface area contributed by atoms with Crippen molar-refractivity contribution in [3.05, 3.63) is 66.1 Å². The Labute approximate surface area is 160 Å². The zero-order valence-corrected chi connectivity index (χ0v) is 15.3. The van der Waals surface area contributed by atoms with Crippen LogP contribution in [0, 0.1) is 6.92 Å². The van der Waals surface area contributed by atoms with E-state index in [-0.39, 0.29) is 11.7 Å². The third kappa shape index (κ3) is 4.62. The first kappa shape index (κ1) is 18.4. The molecule has 0 saturated carbocycles. The third-order valence-corrected chi connectivity index (χ3v) is 3.96. The van der Waals surface area contributed by atoms with E-state index in [1.165, 1.54) is 12.3 Å². The number of benzene rings is 2. The zero-order valence-electron chi connectivity index (χ0n) is 14.4. The summed E-state index contributed by atoms with van der Waals surface area (Å²) in [5, 5.41) is 4.32. The van der Waals surface area contributed by atoms with Crippen LogP contribution in [0.3, 0.4) is 0 Å². The number of aryl methyl sites for hydroxylation is 1. The number of amides is 2. The van der Waals surface area contributed by atoms with Gasteiger partial charge in [0, 0.05) is 5.39 Å². The van der Waals surface area contributed by atoms with Crippen LogP contribution in [0.1, 0.15) is 16.1 Å². The lowest BCUT2D eigenvalue weighted by Crippen LogP contribution is -2.49. The number of rotatable bonds is 4. The van der Waals surface area contributed by atoms with Crippen molar-refractivity contribution in [2.24, 2.45) is 0 Å². The molecule has 0 radical (unpaired) electrons. The van der Waals surface area contributed by atoms with Gasteiger partial charge in [-0.1, -0.05) is 36.4 Å². The van der Waals surface area contributed by atoms with Gasteiger partial charge in [-0.05, 0) is 36.7 Å². The van der Waals surface area contributed by atoms with Gasteiger partial charge in [0.1, 0.15) is 11.5 Å². The summed E-state index contributed by atoms with van der Waals surface area (Å²) < 4.78 is 10.6. The van der Waals surface area contributed by atoms with Crippen LogP contribution in [0.15, 0.2) is 59.2 Å². The highest BCUT2D eigenvalue weighted by molar-refractivity contribution is 7.80. The number of fused-ring (bicyclic) bond motifs is 1. The number of hydrogen-bond acceptors (Lipinski definition) is 5. The normalized spacial score (nSPS) is 10.3. The minimum absolute atomic E-state index is 0.0454. The molecule has 3 aromatic rings. The van der Waals surface area contributed by atoms with Crippen LogP contribution in [0.4, 0.5) is 0 Å². The summed E-state index contributed by atoms with van der Waals surface area (Å²) in [7, 11) is 0. The molecule has 8 heteroatoms. The molecule has 0 spiro atoms. The van der Waals surface area contributed by atoms with Crippen molar-refractivity contribution in [1.29, 1.82) is 0 Å². The second-order valence-electron chi connectivity index (χ2n) is 5.61. The molecule has 2 aromatic carbocycles. The van der Waals surface area contributed by atoms with Crippen molar-refractivity contribution >= 4 is 39.9 Å². The van der Waals surface area contributed by atoms with Crippen molar-refractivity contribution in [3.8, 4) is 5.75 Å². The first-order valence-corrected chi connectivity index (χ1v) is 8.50. The van der Waals surface area contributed by atoms with Crippen LogP contribution < -0.4 is 20.9 Å². The highest BCUT2D eigenvalue weighted by atomic mass is 32.1. The Kier molecular flexibility index (Phi) is 5.68. The number of carbonyl (C=O) groups is 2. The molecule has 27 heavy (non-hydrogen) atoms. The van der Waals surface area contributed by atoms with Crippen LogP contribution in [0.2, 0.25) is 0 Å². The Morgan fingerprint density at radius 1 is 1.07 bits per heavy atom. The molecule has 0 aliphatic heterocycles. The Balaban J connectivity index is 1.48. The quantitative estimate of drug-likeness (QED) is 0.473. The molecular weight excluding hydrogens is 366 g/mol. The molecule has 0 bridgehead atoms. The highest BCUT2D eigenvalue weighted by Gasteiger charge is 2.12. The summed E-state index contributed by atoms with van der Waals surface area (Å²) in [4.78, 5) is 23.9. The molecule has 3 N–H and O–H groups in total. The van der Waals surface area contributed by atoms with Gasteiger partial charge in [-0.2, -0.15) is 0 Å². The van der Waals surface area contributed by atoms with Crippen LogP contribution in [0.5, 0.6) is 5.75 Å². The maximum atomic E-state index is 12.0. The summed E-state index contributed by atoms with van der Waals surface area (Å²) in [5.41, 5.74) is 5.21. The standard InChI is InChI=1S/C19H17N3O4S/c1-12-14(9-10-25-12)18(24)21-22-19(27)20-17(23)11-26-16-8-4-6-13-5-2-3-7-15(13)16/h2-10H,11H2,1H3,(H,21,24)(H2,20,22,23,27). The van der Waals surface area contributed by atoms with E-state index in [1.54, 1.807) is 13.0 Å². The van der Waals surface area contributed by atoms with Gasteiger partial charge in [-0.15, -0.1) is 0 Å². The number of hydrazine groups is 1. The van der Waals surface area contributed by atoms with E-state index in [4.69, 9.17) is 21.4 Å². The summed E-state index contributed by atoms with van der Waals surface area (Å²) in [6, 6.07) is 14.9. The van der Waals surface area contributed by atoms with Gasteiger partial charge in [0.25, 0.3) is 11.8 Å². The highest BCUT2D eigenvalue weighted by Crippen LogP contribution is 2.24. The van der Waals surface area contributed by atoms with Crippen molar-refractivity contribution < 1.29 is 18.7 Å². The van der Waals surface area contributed by atoms with Gasteiger partial charge in [0.2, 0.25) is 0 Å². The molecule has 1 heterocycles. The summed E-state index contributed by atoms with van der Waals surface area (Å²) in [5.74, 6) is 0.206. The van der Waals surface area contributed by atoms with Gasteiger partial charge in [-0.3, -0.25) is 25.8 Å². The number of furan rings is 1. The number of thiocarbonyl (C=S) groups is 1. The van der Waals surface area contributed by atoms with Gasteiger partial charge in [-0.25, -0.2) is 0 Å². The predicted molar refractivity (Wildman–Crippen MR) is 104 cm³/mol. The van der Waals surface area contributed by atoms with Crippen LogP contribution in [-0.4, -0.2) is 23.5 Å². The van der Waals surface area contributed by atoms with Gasteiger partial charge < -0.3 is 9.15 Å². The average Bonchev–Trinajstić information content (AvgIpc) is 3.10.